The van der Waals surface area contributed by atoms with Gasteiger partial charge in [-0.2, -0.15) is 0 Å². The molecule has 3 aliphatic rings. The summed E-state index contributed by atoms with van der Waals surface area (Å²) in [5.74, 6) is 0.101. The third-order valence-corrected chi connectivity index (χ3v) is 5.31. The van der Waals surface area contributed by atoms with Crippen LogP contribution in [0.25, 0.3) is 0 Å². The Balaban J connectivity index is 1.76. The van der Waals surface area contributed by atoms with E-state index in [0.29, 0.717) is 38.0 Å². The molecular weight excluding hydrogens is 268 g/mol. The molecule has 6 nitrogen and oxygen atoms in total. The monoisotopic (exact) mass is 286 g/mol. The fourth-order valence-corrected chi connectivity index (χ4v) is 4.25. The van der Waals surface area contributed by atoms with Gasteiger partial charge < -0.3 is 14.7 Å². The molecule has 0 radical (unpaired) electrons. The maximum atomic E-state index is 12.6. The second-order valence-electron chi connectivity index (χ2n) is 5.20. The lowest BCUT2D eigenvalue weighted by Crippen LogP contribution is -2.54. The van der Waals surface area contributed by atoms with Gasteiger partial charge in [-0.15, -0.1) is 11.8 Å². The Morgan fingerprint density at radius 3 is 2.47 bits per heavy atom. The highest BCUT2D eigenvalue weighted by atomic mass is 32.2. The van der Waals surface area contributed by atoms with Gasteiger partial charge in [0, 0.05) is 18.8 Å². The Morgan fingerprint density at radius 2 is 1.89 bits per heavy atom. The van der Waals surface area contributed by atoms with Crippen molar-refractivity contribution in [3.8, 4) is 0 Å². The minimum atomic E-state index is -0.891. The summed E-state index contributed by atoms with van der Waals surface area (Å²) in [6.45, 7) is 2.20. The molecule has 2 heterocycles. The number of carbonyl (C=O) groups is 2. The number of carboxylic acid groups (broad SMARTS) is 1. The maximum absolute atomic E-state index is 12.6. The molecule has 2 saturated heterocycles. The van der Waals surface area contributed by atoms with Gasteiger partial charge in [0.1, 0.15) is 6.04 Å². The Morgan fingerprint density at radius 1 is 1.21 bits per heavy atom. The summed E-state index contributed by atoms with van der Waals surface area (Å²) in [5, 5.41) is 9.35. The first-order valence-corrected chi connectivity index (χ1v) is 7.73. The molecule has 0 aromatic carbocycles. The number of nitrogens with zero attached hydrogens (tertiary/aromatic N) is 2. The number of hydrogen-bond acceptors (Lipinski definition) is 4. The molecule has 3 rings (SSSR count). The fourth-order valence-electron chi connectivity index (χ4n) is 2.62. The van der Waals surface area contributed by atoms with Gasteiger partial charge in [0.25, 0.3) is 0 Å². The highest BCUT2D eigenvalue weighted by Crippen LogP contribution is 2.45. The van der Waals surface area contributed by atoms with Gasteiger partial charge in [0.15, 0.2) is 0 Å². The predicted octanol–water partition coefficient (Wildman–Crippen LogP) is 0.677. The van der Waals surface area contributed by atoms with Crippen LogP contribution < -0.4 is 0 Å². The molecule has 19 heavy (non-hydrogen) atoms. The number of aliphatic carboxylic acids is 1. The summed E-state index contributed by atoms with van der Waals surface area (Å²) >= 11 is 1.62. The van der Waals surface area contributed by atoms with E-state index in [1.165, 1.54) is 0 Å². The van der Waals surface area contributed by atoms with Crippen molar-refractivity contribution in [3.63, 3.8) is 0 Å². The summed E-state index contributed by atoms with van der Waals surface area (Å²) in [6, 6.07) is -0.802. The normalized spacial score (nSPS) is 31.6. The molecule has 2 atom stereocenters. The number of hydrogen-bond donors (Lipinski definition) is 1. The second kappa shape index (κ2) is 5.20. The van der Waals surface area contributed by atoms with Crippen LogP contribution >= 0.6 is 11.8 Å². The van der Waals surface area contributed by atoms with E-state index >= 15 is 0 Å². The first-order chi connectivity index (χ1) is 9.18. The summed E-state index contributed by atoms with van der Waals surface area (Å²) in [4.78, 5) is 27.2. The predicted molar refractivity (Wildman–Crippen MR) is 70.0 cm³/mol. The van der Waals surface area contributed by atoms with E-state index in [9.17, 15) is 14.7 Å². The number of urea groups is 1. The molecule has 1 saturated carbocycles. The zero-order chi connectivity index (χ0) is 13.4. The molecule has 1 aliphatic carbocycles. The van der Waals surface area contributed by atoms with E-state index in [0.717, 1.165) is 12.8 Å². The number of carbonyl (C=O) groups excluding carboxylic acids is 1. The molecule has 0 aromatic heterocycles. The molecule has 0 spiro atoms. The highest BCUT2D eigenvalue weighted by Gasteiger charge is 2.49. The lowest BCUT2D eigenvalue weighted by atomic mass is 10.2. The third kappa shape index (κ3) is 2.53. The van der Waals surface area contributed by atoms with Crippen molar-refractivity contribution >= 4 is 23.8 Å². The molecule has 0 aromatic rings. The molecule has 0 bridgehead atoms. The average molecular weight is 286 g/mol. The van der Waals surface area contributed by atoms with Crippen molar-refractivity contribution in [1.29, 1.82) is 0 Å². The van der Waals surface area contributed by atoms with Crippen LogP contribution in [-0.2, 0) is 9.53 Å². The van der Waals surface area contributed by atoms with Crippen LogP contribution in [0.5, 0.6) is 0 Å². The van der Waals surface area contributed by atoms with Gasteiger partial charge in [-0.1, -0.05) is 0 Å². The molecule has 1 N–H and O–H groups in total. The topological polar surface area (TPSA) is 70.1 Å². The van der Waals surface area contributed by atoms with Crippen molar-refractivity contribution in [2.75, 3.05) is 32.1 Å². The van der Waals surface area contributed by atoms with Crippen LogP contribution in [0.3, 0.4) is 0 Å². The van der Waals surface area contributed by atoms with E-state index in [1.54, 1.807) is 21.6 Å². The first-order valence-electron chi connectivity index (χ1n) is 6.68. The van der Waals surface area contributed by atoms with Gasteiger partial charge in [-0.3, -0.25) is 4.90 Å². The van der Waals surface area contributed by atoms with Gasteiger partial charge >= 0.3 is 12.0 Å². The van der Waals surface area contributed by atoms with E-state index in [1.807, 2.05) is 0 Å². The van der Waals surface area contributed by atoms with Crippen molar-refractivity contribution < 1.29 is 19.4 Å². The Kier molecular flexibility index (Phi) is 3.58. The largest absolute Gasteiger partial charge is 0.480 e. The molecule has 2 amide bonds. The molecule has 2 aliphatic heterocycles. The zero-order valence-corrected chi connectivity index (χ0v) is 11.5. The molecule has 2 unspecified atom stereocenters. The van der Waals surface area contributed by atoms with Crippen molar-refractivity contribution in [1.82, 2.24) is 9.80 Å². The molecule has 3 fully saturated rings. The molecule has 106 valence electrons. The van der Waals surface area contributed by atoms with Crippen LogP contribution in [0, 0.1) is 5.92 Å². The Hall–Kier alpha value is -0.950. The van der Waals surface area contributed by atoms with Gasteiger partial charge in [-0.25, -0.2) is 9.59 Å². The van der Waals surface area contributed by atoms with Crippen molar-refractivity contribution in [2.45, 2.75) is 24.3 Å². The SMILES string of the molecule is O=C(O)C1CSC(C2CC2)N1C(=O)N1CCOCC1. The Labute approximate surface area is 116 Å². The van der Waals surface area contributed by atoms with Crippen LogP contribution in [0.2, 0.25) is 0 Å². The van der Waals surface area contributed by atoms with E-state index < -0.39 is 12.0 Å². The van der Waals surface area contributed by atoms with Gasteiger partial charge in [0.2, 0.25) is 0 Å². The van der Waals surface area contributed by atoms with E-state index in [-0.39, 0.29) is 11.4 Å². The number of rotatable bonds is 2. The maximum Gasteiger partial charge on any atom is 0.327 e. The van der Waals surface area contributed by atoms with Gasteiger partial charge in [0.05, 0.1) is 18.6 Å². The number of ether oxygens (including phenoxy) is 1. The van der Waals surface area contributed by atoms with Crippen molar-refractivity contribution in [2.24, 2.45) is 5.92 Å². The van der Waals surface area contributed by atoms with Crippen LogP contribution in [0.15, 0.2) is 0 Å². The zero-order valence-electron chi connectivity index (χ0n) is 10.7. The minimum Gasteiger partial charge on any atom is -0.480 e. The second-order valence-corrected chi connectivity index (χ2v) is 6.35. The van der Waals surface area contributed by atoms with Crippen LogP contribution in [-0.4, -0.2) is 70.4 Å². The Bertz CT molecular complexity index is 382. The number of amides is 2. The third-order valence-electron chi connectivity index (χ3n) is 3.85. The quantitative estimate of drug-likeness (QED) is 0.808. The minimum absolute atomic E-state index is 0.0523. The molecular formula is C12H18N2O4S. The number of thioether (sulfide) groups is 1. The van der Waals surface area contributed by atoms with Gasteiger partial charge in [-0.05, 0) is 18.8 Å². The number of morpholine rings is 1. The summed E-state index contributed by atoms with van der Waals surface area (Å²) in [7, 11) is 0. The molecule has 7 heteroatoms. The lowest BCUT2D eigenvalue weighted by Gasteiger charge is -2.35. The lowest BCUT2D eigenvalue weighted by molar-refractivity contribution is -0.141. The number of carboxylic acids is 1. The summed E-state index contributed by atoms with van der Waals surface area (Å²) in [6.07, 6.45) is 2.22. The van der Waals surface area contributed by atoms with E-state index in [2.05, 4.69) is 0 Å². The smallest absolute Gasteiger partial charge is 0.327 e. The fraction of sp³-hybridized carbons (Fsp3) is 0.833. The van der Waals surface area contributed by atoms with Crippen LogP contribution in [0.4, 0.5) is 4.79 Å². The highest BCUT2D eigenvalue weighted by molar-refractivity contribution is 8.00. The average Bonchev–Trinajstić information content (AvgIpc) is 3.17. The summed E-state index contributed by atoms with van der Waals surface area (Å²) in [5.41, 5.74) is 0. The summed E-state index contributed by atoms with van der Waals surface area (Å²) < 4.78 is 5.24. The van der Waals surface area contributed by atoms with E-state index in [4.69, 9.17) is 4.74 Å². The van der Waals surface area contributed by atoms with Crippen molar-refractivity contribution in [3.05, 3.63) is 0 Å². The standard InChI is InChI=1S/C12H18N2O4S/c15-11(16)9-7-19-10(8-1-2-8)14(9)12(17)13-3-5-18-6-4-13/h8-10H,1-7H2,(H,15,16). The first kappa shape index (κ1) is 13.1. The van der Waals surface area contributed by atoms with Crippen LogP contribution in [0.1, 0.15) is 12.8 Å².